The molecule has 4 heteroatoms. The van der Waals surface area contributed by atoms with Gasteiger partial charge < -0.3 is 9.84 Å². The van der Waals surface area contributed by atoms with Crippen LogP contribution in [0.2, 0.25) is 0 Å². The monoisotopic (exact) mass is 230 g/mol. The second kappa shape index (κ2) is 13.2. The molecule has 0 fully saturated rings. The summed E-state index contributed by atoms with van der Waals surface area (Å²) in [6.07, 6.45) is 1.98. The fraction of sp³-hybridized carbons (Fsp3) is 0.385. The summed E-state index contributed by atoms with van der Waals surface area (Å²) >= 11 is 0. The van der Waals surface area contributed by atoms with Crippen LogP contribution in [0.1, 0.15) is 25.3 Å². The molecule has 0 aliphatic rings. The van der Waals surface area contributed by atoms with Crippen LogP contribution in [0.5, 0.6) is 0 Å². The predicted molar refractivity (Wildman–Crippen MR) is 64.3 cm³/mol. The first-order chi connectivity index (χ1) is 7.66. The van der Waals surface area contributed by atoms with Crippen molar-refractivity contribution in [1.29, 1.82) is 0 Å². The Labute approximate surface area is 115 Å². The molecule has 0 saturated heterocycles. The van der Waals surface area contributed by atoms with Gasteiger partial charge in [-0.2, -0.15) is 24.6 Å². The molecule has 0 heterocycles. The maximum absolute atomic E-state index is 9.84. The molecule has 0 radical (unpaired) electrons. The Morgan fingerprint density at radius 3 is 2.29 bits per heavy atom. The molecule has 17 heavy (non-hydrogen) atoms. The number of aliphatic carboxylic acids is 1. The van der Waals surface area contributed by atoms with Crippen LogP contribution in [0.4, 0.5) is 0 Å². The number of hydrogen-bond acceptors (Lipinski definition) is 2. The minimum absolute atomic E-state index is 0. The Balaban J connectivity index is 0. The summed E-state index contributed by atoms with van der Waals surface area (Å²) in [5.41, 5.74) is 1.07. The molecule has 0 aliphatic heterocycles. The Hall–Kier alpha value is -0.883. The quantitative estimate of drug-likeness (QED) is 0.431. The molecule has 0 atom stereocenters. The van der Waals surface area contributed by atoms with Crippen LogP contribution in [-0.2, 0) is 9.53 Å². The van der Waals surface area contributed by atoms with Gasteiger partial charge in [-0.15, -0.1) is 12.1 Å². The van der Waals surface area contributed by atoms with Crippen LogP contribution in [0, 0.1) is 6.92 Å². The second-order valence-corrected chi connectivity index (χ2v) is 3.29. The maximum atomic E-state index is 9.84. The van der Waals surface area contributed by atoms with E-state index in [1.54, 1.807) is 0 Å². The van der Waals surface area contributed by atoms with E-state index in [0.717, 1.165) is 18.4 Å². The number of unbranched alkanes of at least 4 members (excludes halogenated alkanes) is 1. The van der Waals surface area contributed by atoms with E-state index in [1.807, 2.05) is 37.3 Å². The zero-order chi connectivity index (χ0) is 12.2. The average molecular weight is 230 g/mol. The molecular weight excluding hydrogens is 211 g/mol. The molecule has 0 unspecified atom stereocenters. The third-order valence-electron chi connectivity index (χ3n) is 1.71. The van der Waals surface area contributed by atoms with E-state index >= 15 is 0 Å². The third-order valence-corrected chi connectivity index (χ3v) is 1.71. The second-order valence-electron chi connectivity index (χ2n) is 3.29. The minimum atomic E-state index is -0.897. The van der Waals surface area contributed by atoms with Gasteiger partial charge in [0.2, 0.25) is 0 Å². The number of hydrogen-bond donors (Lipinski definition) is 1. The first-order valence-electron chi connectivity index (χ1n) is 5.33. The van der Waals surface area contributed by atoms with Gasteiger partial charge in [-0.3, -0.25) is 0 Å². The van der Waals surface area contributed by atoms with Crippen LogP contribution in [-0.4, -0.2) is 24.3 Å². The van der Waals surface area contributed by atoms with Crippen LogP contribution in [0.3, 0.4) is 0 Å². The topological polar surface area (TPSA) is 46.5 Å². The van der Waals surface area contributed by atoms with Crippen molar-refractivity contribution in [3.8, 4) is 0 Å². The fourth-order valence-electron chi connectivity index (χ4n) is 0.884. The Kier molecular flexibility index (Phi) is 14.3. The van der Waals surface area contributed by atoms with E-state index in [4.69, 9.17) is 9.84 Å². The van der Waals surface area contributed by atoms with Crippen molar-refractivity contribution >= 4 is 5.97 Å². The number of benzene rings is 1. The molecule has 90 valence electrons. The first kappa shape index (κ1) is 18.5. The predicted octanol–water partition coefficient (Wildman–Crippen LogP) is -0.240. The van der Waals surface area contributed by atoms with Crippen LogP contribution in [0.15, 0.2) is 30.3 Å². The first-order valence-corrected chi connectivity index (χ1v) is 5.33. The maximum Gasteiger partial charge on any atom is 1.00 e. The molecule has 0 saturated carbocycles. The van der Waals surface area contributed by atoms with E-state index in [9.17, 15) is 4.79 Å². The summed E-state index contributed by atoms with van der Waals surface area (Å²) in [6, 6.07) is 9.87. The van der Waals surface area contributed by atoms with Crippen molar-refractivity contribution in [2.75, 3.05) is 13.2 Å². The molecule has 1 aromatic carbocycles. The molecule has 3 nitrogen and oxygen atoms in total. The minimum Gasteiger partial charge on any atom is -0.480 e. The molecule has 1 rings (SSSR count). The summed E-state index contributed by atoms with van der Waals surface area (Å²) < 4.78 is 4.74. The zero-order valence-electron chi connectivity index (χ0n) is 10.7. The molecular formula is C13H19LiO3. The van der Waals surface area contributed by atoms with Gasteiger partial charge in [0, 0.05) is 6.61 Å². The van der Waals surface area contributed by atoms with Gasteiger partial charge in [0.05, 0.1) is 0 Å². The summed E-state index contributed by atoms with van der Waals surface area (Å²) in [5, 5.41) is 8.09. The van der Waals surface area contributed by atoms with Crippen LogP contribution < -0.4 is 18.9 Å². The van der Waals surface area contributed by atoms with E-state index in [-0.39, 0.29) is 25.5 Å². The van der Waals surface area contributed by atoms with Gasteiger partial charge >= 0.3 is 24.8 Å². The van der Waals surface area contributed by atoms with Crippen molar-refractivity contribution < 1.29 is 33.5 Å². The SMILES string of the molecule is CCCCOCC(=O)O.[CH2-]c1ccccc1.[Li+]. The summed E-state index contributed by atoms with van der Waals surface area (Å²) in [5.74, 6) is -0.897. The fourth-order valence-corrected chi connectivity index (χ4v) is 0.884. The van der Waals surface area contributed by atoms with Gasteiger partial charge in [0.1, 0.15) is 6.61 Å². The molecule has 0 amide bonds. The molecule has 0 aromatic heterocycles. The van der Waals surface area contributed by atoms with E-state index in [0.29, 0.717) is 6.61 Å². The number of rotatable bonds is 5. The van der Waals surface area contributed by atoms with Gasteiger partial charge in [0.15, 0.2) is 0 Å². The number of carbonyl (C=O) groups is 1. The van der Waals surface area contributed by atoms with Crippen LogP contribution >= 0.6 is 0 Å². The van der Waals surface area contributed by atoms with E-state index in [2.05, 4.69) is 6.92 Å². The Morgan fingerprint density at radius 1 is 1.35 bits per heavy atom. The van der Waals surface area contributed by atoms with Crippen molar-refractivity contribution in [1.82, 2.24) is 0 Å². The summed E-state index contributed by atoms with van der Waals surface area (Å²) in [6.45, 7) is 6.14. The van der Waals surface area contributed by atoms with Crippen molar-refractivity contribution in [2.24, 2.45) is 0 Å². The molecule has 1 aromatic rings. The molecule has 0 aliphatic carbocycles. The van der Waals surface area contributed by atoms with Crippen LogP contribution in [0.25, 0.3) is 0 Å². The Bertz CT molecular complexity index is 275. The number of carboxylic acid groups (broad SMARTS) is 1. The van der Waals surface area contributed by atoms with Gasteiger partial charge in [0.25, 0.3) is 0 Å². The number of ether oxygens (including phenoxy) is 1. The largest absolute Gasteiger partial charge is 1.00 e. The van der Waals surface area contributed by atoms with E-state index < -0.39 is 5.97 Å². The number of carboxylic acids is 1. The van der Waals surface area contributed by atoms with Crippen molar-refractivity contribution in [3.63, 3.8) is 0 Å². The normalized spacial score (nSPS) is 8.53. The van der Waals surface area contributed by atoms with Crippen molar-refractivity contribution in [3.05, 3.63) is 42.8 Å². The van der Waals surface area contributed by atoms with Crippen molar-refractivity contribution in [2.45, 2.75) is 19.8 Å². The van der Waals surface area contributed by atoms with E-state index in [1.165, 1.54) is 0 Å². The Morgan fingerprint density at radius 2 is 1.94 bits per heavy atom. The molecule has 1 N–H and O–H groups in total. The summed E-state index contributed by atoms with van der Waals surface area (Å²) in [4.78, 5) is 9.84. The van der Waals surface area contributed by atoms with Gasteiger partial charge in [-0.25, -0.2) is 4.79 Å². The summed E-state index contributed by atoms with van der Waals surface area (Å²) in [7, 11) is 0. The molecule has 0 bridgehead atoms. The standard InChI is InChI=1S/C7H7.C6H12O3.Li/c1-7-5-3-2-4-6-7;1-2-3-4-9-5-6(7)8;/h2-6H,1H2;2-5H2,1H3,(H,7,8);/q-1;;+1. The van der Waals surface area contributed by atoms with Gasteiger partial charge in [-0.1, -0.05) is 19.4 Å². The third kappa shape index (κ3) is 15.1. The smallest absolute Gasteiger partial charge is 0.480 e. The average Bonchev–Trinajstić information content (AvgIpc) is 2.26. The zero-order valence-corrected chi connectivity index (χ0v) is 10.7. The van der Waals surface area contributed by atoms with Gasteiger partial charge in [-0.05, 0) is 6.42 Å². The molecule has 0 spiro atoms.